The monoisotopic (exact) mass is 384 g/mol. The van der Waals surface area contributed by atoms with Gasteiger partial charge in [-0.15, -0.1) is 0 Å². The average Bonchev–Trinajstić information content (AvgIpc) is 2.91. The summed E-state index contributed by atoms with van der Waals surface area (Å²) >= 11 is 3.43. The standard InChI is InChI=1S/C18H17BrN4O/c1-13-11-23(18(20)22-13)21-10-15-4-2-3-5-17(15)24-12-14-6-8-16(19)9-7-14/h2-11H,12H2,1H3,(H2,20,22). The van der Waals surface area contributed by atoms with Gasteiger partial charge in [-0.25, -0.2) is 9.66 Å². The third-order valence-electron chi connectivity index (χ3n) is 3.38. The Morgan fingerprint density at radius 3 is 2.67 bits per heavy atom. The Balaban J connectivity index is 1.75. The van der Waals surface area contributed by atoms with Crippen LogP contribution < -0.4 is 10.5 Å². The topological polar surface area (TPSA) is 65.4 Å². The number of nitrogen functional groups attached to an aromatic ring is 1. The van der Waals surface area contributed by atoms with Crippen LogP contribution in [0.1, 0.15) is 16.8 Å². The van der Waals surface area contributed by atoms with Crippen molar-refractivity contribution in [2.45, 2.75) is 13.5 Å². The third kappa shape index (κ3) is 4.02. The minimum Gasteiger partial charge on any atom is -0.488 e. The van der Waals surface area contributed by atoms with Gasteiger partial charge in [0.1, 0.15) is 12.4 Å². The maximum atomic E-state index is 5.92. The molecule has 0 fully saturated rings. The predicted molar refractivity (Wildman–Crippen MR) is 99.3 cm³/mol. The van der Waals surface area contributed by atoms with Crippen molar-refractivity contribution in [2.75, 3.05) is 5.73 Å². The van der Waals surface area contributed by atoms with E-state index in [2.05, 4.69) is 26.0 Å². The third-order valence-corrected chi connectivity index (χ3v) is 3.91. The van der Waals surface area contributed by atoms with E-state index in [4.69, 9.17) is 10.5 Å². The molecular formula is C18H17BrN4O. The molecule has 0 atom stereocenters. The lowest BCUT2D eigenvalue weighted by Crippen LogP contribution is -2.00. The van der Waals surface area contributed by atoms with Crippen LogP contribution in [-0.2, 0) is 6.61 Å². The lowest BCUT2D eigenvalue weighted by Gasteiger charge is -2.09. The normalized spacial score (nSPS) is 11.1. The SMILES string of the molecule is Cc1cn(N=Cc2ccccc2OCc2ccc(Br)cc2)c(N)n1. The van der Waals surface area contributed by atoms with Gasteiger partial charge in [-0.3, -0.25) is 0 Å². The zero-order chi connectivity index (χ0) is 16.9. The fraction of sp³-hybridized carbons (Fsp3) is 0.111. The Bertz CT molecular complexity index is 856. The molecule has 0 saturated heterocycles. The number of benzene rings is 2. The second-order valence-electron chi connectivity index (χ2n) is 5.28. The van der Waals surface area contributed by atoms with Crippen molar-refractivity contribution in [1.82, 2.24) is 9.66 Å². The molecule has 0 unspecified atom stereocenters. The molecule has 2 N–H and O–H groups in total. The van der Waals surface area contributed by atoms with E-state index in [1.165, 1.54) is 0 Å². The fourth-order valence-electron chi connectivity index (χ4n) is 2.18. The molecule has 24 heavy (non-hydrogen) atoms. The zero-order valence-electron chi connectivity index (χ0n) is 13.2. The second kappa shape index (κ2) is 7.31. The van der Waals surface area contributed by atoms with E-state index < -0.39 is 0 Å². The van der Waals surface area contributed by atoms with Crippen molar-refractivity contribution in [3.05, 3.63) is 76.0 Å². The first-order valence-corrected chi connectivity index (χ1v) is 8.23. The summed E-state index contributed by atoms with van der Waals surface area (Å²) in [6.45, 7) is 2.36. The van der Waals surface area contributed by atoms with E-state index in [-0.39, 0.29) is 0 Å². The summed E-state index contributed by atoms with van der Waals surface area (Å²) in [5, 5.41) is 4.34. The minimum absolute atomic E-state index is 0.358. The van der Waals surface area contributed by atoms with Gasteiger partial charge in [-0.05, 0) is 36.8 Å². The summed E-state index contributed by atoms with van der Waals surface area (Å²) < 4.78 is 8.51. The number of aromatic nitrogens is 2. The van der Waals surface area contributed by atoms with Gasteiger partial charge in [0.2, 0.25) is 5.95 Å². The number of nitrogens with zero attached hydrogens (tertiary/aromatic N) is 3. The highest BCUT2D eigenvalue weighted by molar-refractivity contribution is 9.10. The van der Waals surface area contributed by atoms with Crippen LogP contribution in [0.25, 0.3) is 0 Å². The van der Waals surface area contributed by atoms with Crippen LogP contribution >= 0.6 is 15.9 Å². The summed E-state index contributed by atoms with van der Waals surface area (Å²) in [6, 6.07) is 15.8. The first-order chi connectivity index (χ1) is 11.6. The number of rotatable bonds is 5. The molecule has 1 aromatic heterocycles. The van der Waals surface area contributed by atoms with Crippen molar-refractivity contribution in [1.29, 1.82) is 0 Å². The number of imidazole rings is 1. The lowest BCUT2D eigenvalue weighted by atomic mass is 10.2. The lowest BCUT2D eigenvalue weighted by molar-refractivity contribution is 0.306. The number of hydrogen-bond acceptors (Lipinski definition) is 4. The summed E-state index contributed by atoms with van der Waals surface area (Å²) in [5.41, 5.74) is 8.59. The summed E-state index contributed by atoms with van der Waals surface area (Å²) in [6.07, 6.45) is 3.49. The molecule has 0 aliphatic rings. The van der Waals surface area contributed by atoms with Crippen molar-refractivity contribution >= 4 is 28.1 Å². The molecule has 0 bridgehead atoms. The number of aryl methyl sites for hydroxylation is 1. The molecular weight excluding hydrogens is 368 g/mol. The zero-order valence-corrected chi connectivity index (χ0v) is 14.8. The molecule has 3 aromatic rings. The smallest absolute Gasteiger partial charge is 0.221 e. The highest BCUT2D eigenvalue weighted by atomic mass is 79.9. The first-order valence-electron chi connectivity index (χ1n) is 7.44. The van der Waals surface area contributed by atoms with E-state index in [0.29, 0.717) is 12.6 Å². The van der Waals surface area contributed by atoms with E-state index in [9.17, 15) is 0 Å². The van der Waals surface area contributed by atoms with Crippen LogP contribution in [-0.4, -0.2) is 15.9 Å². The second-order valence-corrected chi connectivity index (χ2v) is 6.20. The maximum absolute atomic E-state index is 5.92. The molecule has 6 heteroatoms. The first kappa shape index (κ1) is 16.3. The minimum atomic E-state index is 0.358. The van der Waals surface area contributed by atoms with Gasteiger partial charge >= 0.3 is 0 Å². The molecule has 0 radical (unpaired) electrons. The summed E-state index contributed by atoms with van der Waals surface area (Å²) in [7, 11) is 0. The molecule has 0 amide bonds. The molecule has 0 aliphatic carbocycles. The van der Waals surface area contributed by atoms with Crippen molar-refractivity contribution in [2.24, 2.45) is 5.10 Å². The van der Waals surface area contributed by atoms with Crippen LogP contribution in [0.2, 0.25) is 0 Å². The fourth-order valence-corrected chi connectivity index (χ4v) is 2.45. The molecule has 1 heterocycles. The van der Waals surface area contributed by atoms with Crippen LogP contribution in [0.4, 0.5) is 5.95 Å². The van der Waals surface area contributed by atoms with Crippen LogP contribution in [0, 0.1) is 6.92 Å². The van der Waals surface area contributed by atoms with Crippen molar-refractivity contribution in [3.8, 4) is 5.75 Å². The molecule has 0 spiro atoms. The number of ether oxygens (including phenoxy) is 1. The van der Waals surface area contributed by atoms with Gasteiger partial charge < -0.3 is 10.5 Å². The molecule has 5 nitrogen and oxygen atoms in total. The van der Waals surface area contributed by atoms with Crippen molar-refractivity contribution in [3.63, 3.8) is 0 Å². The molecule has 0 saturated carbocycles. The van der Waals surface area contributed by atoms with Gasteiger partial charge in [-0.2, -0.15) is 5.10 Å². The quantitative estimate of drug-likeness (QED) is 0.676. The number of nitrogens with two attached hydrogens (primary N) is 1. The van der Waals surface area contributed by atoms with Gasteiger partial charge in [0, 0.05) is 10.0 Å². The largest absolute Gasteiger partial charge is 0.488 e. The highest BCUT2D eigenvalue weighted by Gasteiger charge is 2.03. The van der Waals surface area contributed by atoms with Crippen LogP contribution in [0.5, 0.6) is 5.75 Å². The number of anilines is 1. The Hall–Kier alpha value is -2.60. The molecule has 3 rings (SSSR count). The Morgan fingerprint density at radius 1 is 1.21 bits per heavy atom. The van der Waals surface area contributed by atoms with E-state index in [1.54, 1.807) is 17.1 Å². The number of hydrogen-bond donors (Lipinski definition) is 1. The predicted octanol–water partition coefficient (Wildman–Crippen LogP) is 4.00. The average molecular weight is 385 g/mol. The molecule has 122 valence electrons. The van der Waals surface area contributed by atoms with Crippen LogP contribution in [0.15, 0.2) is 64.3 Å². The van der Waals surface area contributed by atoms with Gasteiger partial charge in [0.25, 0.3) is 0 Å². The van der Waals surface area contributed by atoms with Gasteiger partial charge in [0.15, 0.2) is 0 Å². The van der Waals surface area contributed by atoms with Gasteiger partial charge in [0.05, 0.1) is 18.1 Å². The molecule has 0 aliphatic heterocycles. The highest BCUT2D eigenvalue weighted by Crippen LogP contribution is 2.19. The van der Waals surface area contributed by atoms with Crippen LogP contribution in [0.3, 0.4) is 0 Å². The summed E-state index contributed by atoms with van der Waals surface area (Å²) in [5.74, 6) is 1.12. The Kier molecular flexibility index (Phi) is 4.96. The van der Waals surface area contributed by atoms with Gasteiger partial charge in [-0.1, -0.05) is 40.2 Å². The van der Waals surface area contributed by atoms with E-state index in [1.807, 2.05) is 55.5 Å². The van der Waals surface area contributed by atoms with E-state index >= 15 is 0 Å². The molecule has 2 aromatic carbocycles. The number of para-hydroxylation sites is 1. The van der Waals surface area contributed by atoms with E-state index in [0.717, 1.165) is 27.0 Å². The summed E-state index contributed by atoms with van der Waals surface area (Å²) in [4.78, 5) is 4.12. The Morgan fingerprint density at radius 2 is 1.96 bits per heavy atom. The number of halogens is 1. The Labute approximate surface area is 148 Å². The van der Waals surface area contributed by atoms with Crippen molar-refractivity contribution < 1.29 is 4.74 Å². The maximum Gasteiger partial charge on any atom is 0.221 e.